The Bertz CT molecular complexity index is 1060. The van der Waals surface area contributed by atoms with Gasteiger partial charge in [0.1, 0.15) is 17.1 Å². The van der Waals surface area contributed by atoms with E-state index in [1.54, 1.807) is 24.3 Å². The van der Waals surface area contributed by atoms with Crippen LogP contribution in [0.4, 0.5) is 15.8 Å². The molecule has 0 saturated heterocycles. The fourth-order valence-corrected chi connectivity index (χ4v) is 3.44. The second-order valence-electron chi connectivity index (χ2n) is 6.76. The summed E-state index contributed by atoms with van der Waals surface area (Å²) in [5.41, 5.74) is 10.6. The van der Waals surface area contributed by atoms with E-state index in [1.807, 2.05) is 0 Å². The summed E-state index contributed by atoms with van der Waals surface area (Å²) >= 11 is 5.90. The van der Waals surface area contributed by atoms with Crippen molar-refractivity contribution in [2.45, 2.75) is 12.0 Å². The highest BCUT2D eigenvalue weighted by Crippen LogP contribution is 2.22. The predicted molar refractivity (Wildman–Crippen MR) is 115 cm³/mol. The number of nitrogens with two attached hydrogens (primary N) is 2. The Morgan fingerprint density at radius 1 is 1.10 bits per heavy atom. The highest BCUT2D eigenvalue weighted by Gasteiger charge is 2.47. The fourth-order valence-electron chi connectivity index (χ4n) is 3.19. The maximum Gasteiger partial charge on any atom is 0.272 e. The molecule has 162 valence electrons. The van der Waals surface area contributed by atoms with Crippen molar-refractivity contribution in [3.05, 3.63) is 58.9 Å². The van der Waals surface area contributed by atoms with E-state index >= 15 is 0 Å². The van der Waals surface area contributed by atoms with Crippen LogP contribution >= 0.6 is 11.6 Å². The minimum Gasteiger partial charge on any atom is -0.368 e. The van der Waals surface area contributed by atoms with Gasteiger partial charge in [0.2, 0.25) is 5.91 Å². The number of aliphatic imine (C=N–C) groups is 1. The maximum absolute atomic E-state index is 13.1. The average Bonchev–Trinajstić information content (AvgIpc) is 3.15. The maximum atomic E-state index is 13.1. The van der Waals surface area contributed by atoms with E-state index in [0.717, 1.165) is 12.1 Å². The van der Waals surface area contributed by atoms with Gasteiger partial charge in [-0.1, -0.05) is 11.6 Å². The molecule has 1 aliphatic rings. The van der Waals surface area contributed by atoms with Gasteiger partial charge in [0.25, 0.3) is 11.8 Å². The van der Waals surface area contributed by atoms with Crippen LogP contribution < -0.4 is 27.4 Å². The van der Waals surface area contributed by atoms with Gasteiger partial charge in [0, 0.05) is 11.4 Å². The summed E-state index contributed by atoms with van der Waals surface area (Å²) in [6.45, 7) is 0.206. The Labute approximate surface area is 182 Å². The Morgan fingerprint density at radius 3 is 2.26 bits per heavy atom. The summed E-state index contributed by atoms with van der Waals surface area (Å²) in [4.78, 5) is 41.0. The summed E-state index contributed by atoms with van der Waals surface area (Å²) in [6.07, 6.45) is 0.130. The van der Waals surface area contributed by atoms with E-state index in [1.165, 1.54) is 6.07 Å². The van der Waals surface area contributed by atoms with Crippen molar-refractivity contribution in [1.29, 1.82) is 0 Å². The lowest BCUT2D eigenvalue weighted by Gasteiger charge is -2.26. The minimum absolute atomic E-state index is 0.0113. The third kappa shape index (κ3) is 4.71. The van der Waals surface area contributed by atoms with Gasteiger partial charge >= 0.3 is 0 Å². The van der Waals surface area contributed by atoms with Gasteiger partial charge in [0.15, 0.2) is 0 Å². The van der Waals surface area contributed by atoms with Crippen molar-refractivity contribution in [3.8, 4) is 0 Å². The number of nitrogens with one attached hydrogen (secondary N) is 3. The van der Waals surface area contributed by atoms with E-state index in [0.29, 0.717) is 11.4 Å². The molecule has 1 heterocycles. The van der Waals surface area contributed by atoms with Crippen LogP contribution in [0.5, 0.6) is 0 Å². The molecule has 9 nitrogen and oxygen atoms in total. The van der Waals surface area contributed by atoms with Crippen molar-refractivity contribution in [1.82, 2.24) is 5.32 Å². The van der Waals surface area contributed by atoms with Crippen LogP contribution in [0.1, 0.15) is 16.8 Å². The number of halogens is 2. The summed E-state index contributed by atoms with van der Waals surface area (Å²) in [5, 5.41) is 8.11. The zero-order chi connectivity index (χ0) is 22.6. The van der Waals surface area contributed by atoms with Gasteiger partial charge in [-0.15, -0.1) is 0 Å². The van der Waals surface area contributed by atoms with Crippen molar-refractivity contribution in [2.75, 3.05) is 23.8 Å². The quantitative estimate of drug-likeness (QED) is 0.433. The molecule has 0 saturated carbocycles. The Kier molecular flexibility index (Phi) is 6.64. The molecule has 7 N–H and O–H groups in total. The Balaban J connectivity index is 1.68. The van der Waals surface area contributed by atoms with Crippen LogP contribution in [-0.2, 0) is 9.59 Å². The lowest BCUT2D eigenvalue weighted by Crippen LogP contribution is -2.61. The highest BCUT2D eigenvalue weighted by molar-refractivity contribution is 6.50. The molecule has 3 rings (SSSR count). The molecule has 0 fully saturated rings. The predicted octanol–water partition coefficient (Wildman–Crippen LogP) is 1.24. The number of benzene rings is 2. The van der Waals surface area contributed by atoms with E-state index in [2.05, 4.69) is 20.9 Å². The molecular formula is C20H20ClFN6O3. The first-order chi connectivity index (χ1) is 14.8. The van der Waals surface area contributed by atoms with Gasteiger partial charge in [-0.2, -0.15) is 0 Å². The second kappa shape index (κ2) is 9.21. The molecular weight excluding hydrogens is 427 g/mol. The number of nitrogens with zero attached hydrogens (tertiary/aromatic N) is 1. The van der Waals surface area contributed by atoms with Crippen molar-refractivity contribution in [3.63, 3.8) is 0 Å². The molecule has 0 bridgehead atoms. The molecule has 1 aliphatic heterocycles. The summed E-state index contributed by atoms with van der Waals surface area (Å²) in [7, 11) is 0. The van der Waals surface area contributed by atoms with Gasteiger partial charge in [0.05, 0.1) is 17.3 Å². The highest BCUT2D eigenvalue weighted by atomic mass is 35.5. The Morgan fingerprint density at radius 2 is 1.71 bits per heavy atom. The smallest absolute Gasteiger partial charge is 0.272 e. The monoisotopic (exact) mass is 446 g/mol. The molecule has 2 aromatic rings. The number of rotatable bonds is 7. The topological polar surface area (TPSA) is 152 Å². The fraction of sp³-hybridized carbons (Fsp3) is 0.200. The van der Waals surface area contributed by atoms with E-state index in [9.17, 15) is 18.8 Å². The molecule has 11 heteroatoms. The summed E-state index contributed by atoms with van der Waals surface area (Å²) < 4.78 is 13.1. The molecule has 2 aromatic carbocycles. The third-order valence-electron chi connectivity index (χ3n) is 4.75. The number of hydrogen-bond donors (Lipinski definition) is 5. The van der Waals surface area contributed by atoms with Crippen LogP contribution in [0, 0.1) is 5.82 Å². The van der Waals surface area contributed by atoms with Crippen LogP contribution in [-0.4, -0.2) is 42.2 Å². The second-order valence-corrected chi connectivity index (χ2v) is 7.17. The number of anilines is 2. The minimum atomic E-state index is -1.42. The molecule has 3 amide bonds. The number of carbonyl (C=O) groups excluding carboxylic acids is 3. The standard InChI is InChI=1S/C20H20ClFN6O3/c21-15-9-11(22)1-6-14(15)17(29)27-12-2-4-13(5-3-12)28-18(30)16-20(7-8-23,19(24)31)26-10-25-16/h1-6,9,26H,7-8,10,23H2,(H2,24,31)(H,27,29)(H,28,30). The number of primary amides is 1. The van der Waals surface area contributed by atoms with Crippen molar-refractivity contribution < 1.29 is 18.8 Å². The van der Waals surface area contributed by atoms with E-state index in [-0.39, 0.29) is 35.9 Å². The average molecular weight is 447 g/mol. The number of amides is 3. The number of carbonyl (C=O) groups is 3. The van der Waals surface area contributed by atoms with Gasteiger partial charge in [-0.25, -0.2) is 4.39 Å². The molecule has 0 radical (unpaired) electrons. The normalized spacial score (nSPS) is 17.7. The largest absolute Gasteiger partial charge is 0.368 e. The summed E-state index contributed by atoms with van der Waals surface area (Å²) in [5.74, 6) is -2.38. The molecule has 0 aromatic heterocycles. The third-order valence-corrected chi connectivity index (χ3v) is 5.07. The van der Waals surface area contributed by atoms with Crippen LogP contribution in [0.15, 0.2) is 47.5 Å². The van der Waals surface area contributed by atoms with E-state index < -0.39 is 29.1 Å². The lowest BCUT2D eigenvalue weighted by molar-refractivity contribution is -0.122. The van der Waals surface area contributed by atoms with Gasteiger partial charge < -0.3 is 22.1 Å². The van der Waals surface area contributed by atoms with Crippen LogP contribution in [0.25, 0.3) is 0 Å². The first kappa shape index (κ1) is 22.3. The first-order valence-corrected chi connectivity index (χ1v) is 9.62. The molecule has 31 heavy (non-hydrogen) atoms. The molecule has 0 aliphatic carbocycles. The first-order valence-electron chi connectivity index (χ1n) is 9.24. The SMILES string of the molecule is NCCC1(C(N)=O)NCN=C1C(=O)Nc1ccc(NC(=O)c2ccc(F)cc2Cl)cc1. The van der Waals surface area contributed by atoms with Gasteiger partial charge in [-0.05, 0) is 55.4 Å². The lowest BCUT2D eigenvalue weighted by atomic mass is 9.88. The van der Waals surface area contributed by atoms with Crippen molar-refractivity contribution >= 4 is 46.4 Å². The zero-order valence-electron chi connectivity index (χ0n) is 16.2. The van der Waals surface area contributed by atoms with Crippen LogP contribution in [0.2, 0.25) is 5.02 Å². The van der Waals surface area contributed by atoms with Crippen LogP contribution in [0.3, 0.4) is 0 Å². The Hall–Kier alpha value is -3.34. The van der Waals surface area contributed by atoms with E-state index in [4.69, 9.17) is 23.1 Å². The van der Waals surface area contributed by atoms with Gasteiger partial charge in [-0.3, -0.25) is 24.7 Å². The molecule has 1 atom stereocenters. The zero-order valence-corrected chi connectivity index (χ0v) is 17.0. The number of hydrogen-bond acceptors (Lipinski definition) is 6. The molecule has 1 unspecified atom stereocenters. The summed E-state index contributed by atoms with van der Waals surface area (Å²) in [6, 6.07) is 9.69. The van der Waals surface area contributed by atoms with Crippen molar-refractivity contribution in [2.24, 2.45) is 16.5 Å². The molecule has 0 spiro atoms.